The van der Waals surface area contributed by atoms with Crippen LogP contribution in [0, 0.1) is 6.92 Å². The Labute approximate surface area is 249 Å². The Balaban J connectivity index is 1.73. The third-order valence-corrected chi connectivity index (χ3v) is 9.52. The van der Waals surface area contributed by atoms with Crippen molar-refractivity contribution in [2.24, 2.45) is 0 Å². The van der Waals surface area contributed by atoms with Gasteiger partial charge >= 0.3 is 0 Å². The molecule has 0 radical (unpaired) electrons. The Kier molecular flexibility index (Phi) is 10.6. The van der Waals surface area contributed by atoms with Crippen LogP contribution >= 0.6 is 0 Å². The topological polar surface area (TPSA) is 96.0 Å². The molecule has 3 aromatic rings. The Bertz CT molecular complexity index is 1440. The minimum absolute atomic E-state index is 0.0538. The summed E-state index contributed by atoms with van der Waals surface area (Å²) in [6.07, 6.45) is 5.53. The minimum atomic E-state index is -4.17. The van der Waals surface area contributed by atoms with Crippen molar-refractivity contribution < 1.29 is 22.7 Å². The molecule has 0 bridgehead atoms. The molecule has 8 nitrogen and oxygen atoms in total. The van der Waals surface area contributed by atoms with Gasteiger partial charge in [0.1, 0.15) is 18.3 Å². The molecule has 1 aliphatic rings. The van der Waals surface area contributed by atoms with Crippen molar-refractivity contribution in [3.63, 3.8) is 0 Å². The van der Waals surface area contributed by atoms with Crippen molar-refractivity contribution in [3.05, 3.63) is 90.0 Å². The third kappa shape index (κ3) is 7.50. The number of ether oxygens (including phenoxy) is 1. The number of amides is 2. The molecule has 3 aromatic carbocycles. The van der Waals surface area contributed by atoms with E-state index in [0.717, 1.165) is 47.5 Å². The number of hydrogen-bond acceptors (Lipinski definition) is 5. The number of aryl methyl sites for hydroxylation is 1. The van der Waals surface area contributed by atoms with Gasteiger partial charge in [0.2, 0.25) is 11.8 Å². The van der Waals surface area contributed by atoms with Crippen molar-refractivity contribution in [1.29, 1.82) is 0 Å². The Hall–Kier alpha value is -3.85. The van der Waals surface area contributed by atoms with Crippen LogP contribution in [-0.2, 0) is 26.2 Å². The number of methoxy groups -OCH3 is 1. The summed E-state index contributed by atoms with van der Waals surface area (Å²) >= 11 is 0. The second-order valence-electron chi connectivity index (χ2n) is 10.8. The first-order valence-corrected chi connectivity index (χ1v) is 16.0. The molecule has 0 unspecified atom stereocenters. The van der Waals surface area contributed by atoms with Crippen LogP contribution in [0.4, 0.5) is 5.69 Å². The summed E-state index contributed by atoms with van der Waals surface area (Å²) in [5.41, 5.74) is 1.92. The average Bonchev–Trinajstić information content (AvgIpc) is 3.01. The van der Waals surface area contributed by atoms with Gasteiger partial charge in [-0.3, -0.25) is 13.9 Å². The van der Waals surface area contributed by atoms with E-state index < -0.39 is 28.5 Å². The lowest BCUT2D eigenvalue weighted by Gasteiger charge is -2.34. The van der Waals surface area contributed by atoms with Crippen LogP contribution in [-0.4, -0.2) is 50.9 Å². The molecule has 1 aliphatic carbocycles. The molecule has 42 heavy (non-hydrogen) atoms. The van der Waals surface area contributed by atoms with Gasteiger partial charge < -0.3 is 15.0 Å². The highest BCUT2D eigenvalue weighted by molar-refractivity contribution is 7.92. The van der Waals surface area contributed by atoms with Gasteiger partial charge in [-0.1, -0.05) is 80.8 Å². The molecule has 0 saturated heterocycles. The highest BCUT2D eigenvalue weighted by Gasteiger charge is 2.35. The third-order valence-electron chi connectivity index (χ3n) is 7.75. The summed E-state index contributed by atoms with van der Waals surface area (Å²) in [5.74, 6) is -0.364. The van der Waals surface area contributed by atoms with E-state index >= 15 is 0 Å². The molecular weight excluding hydrogens is 550 g/mol. The number of rotatable bonds is 12. The maximum absolute atomic E-state index is 14.3. The van der Waals surface area contributed by atoms with E-state index in [4.69, 9.17) is 4.74 Å². The lowest BCUT2D eigenvalue weighted by Crippen LogP contribution is -2.54. The fourth-order valence-corrected chi connectivity index (χ4v) is 6.91. The van der Waals surface area contributed by atoms with Crippen LogP contribution in [0.3, 0.4) is 0 Å². The van der Waals surface area contributed by atoms with E-state index in [1.165, 1.54) is 24.1 Å². The monoisotopic (exact) mass is 591 g/mol. The molecule has 9 heteroatoms. The lowest BCUT2D eigenvalue weighted by atomic mass is 9.95. The quantitative estimate of drug-likeness (QED) is 0.302. The van der Waals surface area contributed by atoms with Crippen LogP contribution in [0.2, 0.25) is 0 Å². The van der Waals surface area contributed by atoms with Gasteiger partial charge in [-0.2, -0.15) is 0 Å². The van der Waals surface area contributed by atoms with E-state index in [1.54, 1.807) is 30.3 Å². The Morgan fingerprint density at radius 2 is 1.60 bits per heavy atom. The van der Waals surface area contributed by atoms with Gasteiger partial charge in [0, 0.05) is 12.6 Å². The fraction of sp³-hybridized carbons (Fsp3) is 0.394. The minimum Gasteiger partial charge on any atom is -0.495 e. The van der Waals surface area contributed by atoms with Crippen LogP contribution in [0.5, 0.6) is 5.75 Å². The van der Waals surface area contributed by atoms with Crippen molar-refractivity contribution in [3.8, 4) is 5.75 Å². The molecule has 0 aliphatic heterocycles. The summed E-state index contributed by atoms with van der Waals surface area (Å²) in [5, 5.41) is 3.17. The number of benzene rings is 3. The lowest BCUT2D eigenvalue weighted by molar-refractivity contribution is -0.140. The second-order valence-corrected chi connectivity index (χ2v) is 12.6. The zero-order valence-electron chi connectivity index (χ0n) is 24.7. The van der Waals surface area contributed by atoms with Gasteiger partial charge in [-0.05, 0) is 61.6 Å². The molecule has 1 fully saturated rings. The predicted molar refractivity (Wildman–Crippen MR) is 165 cm³/mol. The van der Waals surface area contributed by atoms with Crippen molar-refractivity contribution in [2.45, 2.75) is 75.9 Å². The highest BCUT2D eigenvalue weighted by atomic mass is 32.2. The largest absolute Gasteiger partial charge is 0.495 e. The van der Waals surface area contributed by atoms with Gasteiger partial charge in [0.05, 0.1) is 17.7 Å². The molecule has 0 spiro atoms. The molecule has 0 aromatic heterocycles. The van der Waals surface area contributed by atoms with Crippen LogP contribution in [0.1, 0.15) is 56.6 Å². The zero-order valence-corrected chi connectivity index (χ0v) is 25.5. The maximum atomic E-state index is 14.3. The number of anilines is 1. The normalized spacial score (nSPS) is 14.5. The van der Waals surface area contributed by atoms with Gasteiger partial charge in [0.25, 0.3) is 10.0 Å². The molecule has 1 N–H and O–H groups in total. The molecule has 0 heterocycles. The number of carbonyl (C=O) groups excluding carboxylic acids is 2. The summed E-state index contributed by atoms with van der Waals surface area (Å²) in [7, 11) is -2.71. The molecule has 4 rings (SSSR count). The Morgan fingerprint density at radius 3 is 2.21 bits per heavy atom. The number of sulfonamides is 1. The number of carbonyl (C=O) groups is 2. The van der Waals surface area contributed by atoms with E-state index in [9.17, 15) is 18.0 Å². The summed E-state index contributed by atoms with van der Waals surface area (Å²) in [6.45, 7) is 3.39. The van der Waals surface area contributed by atoms with Crippen LogP contribution < -0.4 is 14.4 Å². The zero-order chi connectivity index (χ0) is 30.1. The van der Waals surface area contributed by atoms with Crippen molar-refractivity contribution >= 4 is 27.5 Å². The highest BCUT2D eigenvalue weighted by Crippen LogP contribution is 2.34. The molecule has 224 valence electrons. The summed E-state index contributed by atoms with van der Waals surface area (Å²) in [4.78, 5) is 29.5. The van der Waals surface area contributed by atoms with E-state index in [2.05, 4.69) is 5.32 Å². The Morgan fingerprint density at radius 1 is 0.952 bits per heavy atom. The first kappa shape index (κ1) is 31.1. The van der Waals surface area contributed by atoms with Crippen molar-refractivity contribution in [1.82, 2.24) is 10.2 Å². The SMILES string of the molecule is CC[C@@H](C(=O)NC1CCCCC1)N(Cc1ccccc1)C(=O)CN(c1cc(C)ccc1OC)S(=O)(=O)c1ccccc1. The van der Waals surface area contributed by atoms with E-state index in [0.29, 0.717) is 12.2 Å². The first-order valence-electron chi connectivity index (χ1n) is 14.6. The summed E-state index contributed by atoms with van der Waals surface area (Å²) < 4.78 is 34.8. The van der Waals surface area contributed by atoms with E-state index in [-0.39, 0.29) is 29.1 Å². The number of hydrogen-bond donors (Lipinski definition) is 1. The van der Waals surface area contributed by atoms with E-state index in [1.807, 2.05) is 50.2 Å². The fourth-order valence-electron chi connectivity index (χ4n) is 5.47. The molecule has 2 amide bonds. The average molecular weight is 592 g/mol. The molecular formula is C33H41N3O5S. The van der Waals surface area contributed by atoms with Gasteiger partial charge in [0.15, 0.2) is 0 Å². The first-order chi connectivity index (χ1) is 20.2. The van der Waals surface area contributed by atoms with Gasteiger partial charge in [-0.25, -0.2) is 8.42 Å². The predicted octanol–water partition coefficient (Wildman–Crippen LogP) is 5.46. The second kappa shape index (κ2) is 14.4. The van der Waals surface area contributed by atoms with Crippen LogP contribution in [0.15, 0.2) is 83.8 Å². The summed E-state index contributed by atoms with van der Waals surface area (Å²) in [6, 6.07) is 22.0. The number of nitrogens with one attached hydrogen (secondary N) is 1. The standard InChI is InChI=1S/C33H41N3O5S/c1-4-29(33(38)34-27-16-10-6-11-17-27)35(23-26-14-8-5-9-15-26)32(37)24-36(30-22-25(2)20-21-31(30)41-3)42(39,40)28-18-12-7-13-19-28/h5,7-9,12-15,18-22,27,29H,4,6,10-11,16-17,23-24H2,1-3H3,(H,34,38)/t29-/m0/s1. The molecule has 1 saturated carbocycles. The van der Waals surface area contributed by atoms with Gasteiger partial charge in [-0.15, -0.1) is 0 Å². The van der Waals surface area contributed by atoms with Crippen LogP contribution in [0.25, 0.3) is 0 Å². The number of nitrogens with zero attached hydrogens (tertiary/aromatic N) is 2. The molecule has 1 atom stereocenters. The maximum Gasteiger partial charge on any atom is 0.264 e. The smallest absolute Gasteiger partial charge is 0.264 e. The van der Waals surface area contributed by atoms with Crippen molar-refractivity contribution in [2.75, 3.05) is 18.0 Å².